The van der Waals surface area contributed by atoms with Crippen molar-refractivity contribution in [1.82, 2.24) is 4.90 Å². The third-order valence-corrected chi connectivity index (χ3v) is 9.14. The lowest BCUT2D eigenvalue weighted by Crippen LogP contribution is -2.49. The highest BCUT2D eigenvalue weighted by Crippen LogP contribution is 2.45. The Kier molecular flexibility index (Phi) is 5.58. The first kappa shape index (κ1) is 24.1. The highest BCUT2D eigenvalue weighted by molar-refractivity contribution is 7.17. The average Bonchev–Trinajstić information content (AvgIpc) is 3.54. The summed E-state index contributed by atoms with van der Waals surface area (Å²) < 4.78 is 7.77. The van der Waals surface area contributed by atoms with Gasteiger partial charge in [-0.25, -0.2) is 0 Å². The van der Waals surface area contributed by atoms with Gasteiger partial charge in [-0.2, -0.15) is 0 Å². The van der Waals surface area contributed by atoms with Crippen LogP contribution in [0.15, 0.2) is 96.4 Å². The molecule has 4 aromatic carbocycles. The molecule has 196 valence electrons. The van der Waals surface area contributed by atoms with Crippen LogP contribution < -0.4 is 19.4 Å². The van der Waals surface area contributed by atoms with Crippen LogP contribution in [-0.4, -0.2) is 32.3 Å². The Balaban J connectivity index is 1.18. The van der Waals surface area contributed by atoms with Gasteiger partial charge in [0.1, 0.15) is 11.5 Å². The predicted molar refractivity (Wildman–Crippen MR) is 164 cm³/mol. The van der Waals surface area contributed by atoms with Crippen LogP contribution in [-0.2, 0) is 5.54 Å². The van der Waals surface area contributed by atoms with Crippen molar-refractivity contribution in [3.63, 3.8) is 0 Å². The van der Waals surface area contributed by atoms with E-state index in [0.717, 1.165) is 36.2 Å². The first-order chi connectivity index (χ1) is 18.9. The van der Waals surface area contributed by atoms with E-state index in [2.05, 4.69) is 132 Å². The smallest absolute Gasteiger partial charge is 0.129 e. The molecule has 0 atom stereocenters. The van der Waals surface area contributed by atoms with Crippen molar-refractivity contribution < 1.29 is 4.74 Å². The van der Waals surface area contributed by atoms with E-state index in [-0.39, 0.29) is 5.54 Å². The molecule has 0 spiro atoms. The highest BCUT2D eigenvalue weighted by atomic mass is 32.1. The summed E-state index contributed by atoms with van der Waals surface area (Å²) in [6.45, 7) is 6.19. The van der Waals surface area contributed by atoms with Gasteiger partial charge >= 0.3 is 0 Å². The van der Waals surface area contributed by atoms with Crippen molar-refractivity contribution in [3.05, 3.63) is 102 Å². The van der Waals surface area contributed by atoms with Crippen molar-refractivity contribution in [2.24, 2.45) is 0 Å². The van der Waals surface area contributed by atoms with E-state index in [1.54, 1.807) is 11.3 Å². The van der Waals surface area contributed by atoms with Gasteiger partial charge in [0, 0.05) is 46.5 Å². The Morgan fingerprint density at radius 1 is 0.692 bits per heavy atom. The molecule has 0 fully saturated rings. The van der Waals surface area contributed by atoms with Gasteiger partial charge in [0.25, 0.3) is 0 Å². The Bertz CT molecular complexity index is 1690. The molecule has 0 saturated carbocycles. The number of ether oxygens (including phenoxy) is 1. The first-order valence-electron chi connectivity index (χ1n) is 13.3. The minimum absolute atomic E-state index is 0.0286. The van der Waals surface area contributed by atoms with E-state index >= 15 is 0 Å². The number of anilines is 5. The fourth-order valence-electron chi connectivity index (χ4n) is 5.78. The zero-order valence-corrected chi connectivity index (χ0v) is 23.6. The lowest BCUT2D eigenvalue weighted by Gasteiger charge is -2.47. The molecule has 2 aliphatic heterocycles. The minimum atomic E-state index is -0.0286. The molecule has 5 aromatic rings. The fraction of sp³-hybridized carbons (Fsp3) is 0.212. The number of thiophene rings is 1. The summed E-state index contributed by atoms with van der Waals surface area (Å²) >= 11 is 1.79. The van der Waals surface area contributed by atoms with Crippen LogP contribution in [0.1, 0.15) is 19.4 Å². The zero-order chi connectivity index (χ0) is 26.7. The summed E-state index contributed by atoms with van der Waals surface area (Å²) in [5, 5.41) is 3.46. The molecule has 2 aliphatic rings. The molecular weight excluding hydrogens is 500 g/mol. The van der Waals surface area contributed by atoms with Gasteiger partial charge in [-0.15, -0.1) is 11.3 Å². The number of para-hydroxylation sites is 1. The summed E-state index contributed by atoms with van der Waals surface area (Å²) in [5.74, 6) is 1.66. The summed E-state index contributed by atoms with van der Waals surface area (Å²) in [6, 6.07) is 32.3. The molecule has 0 bridgehead atoms. The van der Waals surface area contributed by atoms with E-state index in [1.165, 1.54) is 32.7 Å². The number of hydrogen-bond acceptors (Lipinski definition) is 6. The van der Waals surface area contributed by atoms with Crippen LogP contribution in [0.25, 0.3) is 10.1 Å². The van der Waals surface area contributed by atoms with Crippen LogP contribution in [0.5, 0.6) is 11.5 Å². The Morgan fingerprint density at radius 3 is 2.13 bits per heavy atom. The zero-order valence-electron chi connectivity index (χ0n) is 22.8. The van der Waals surface area contributed by atoms with Gasteiger partial charge in [-0.3, -0.25) is 4.90 Å². The van der Waals surface area contributed by atoms with Crippen molar-refractivity contribution in [3.8, 4) is 11.5 Å². The Hall–Kier alpha value is -4.00. The monoisotopic (exact) mass is 532 g/mol. The molecule has 0 amide bonds. The van der Waals surface area contributed by atoms with Crippen molar-refractivity contribution in [2.75, 3.05) is 42.1 Å². The number of fused-ring (bicyclic) bond motifs is 3. The van der Waals surface area contributed by atoms with Crippen LogP contribution >= 0.6 is 11.3 Å². The minimum Gasteiger partial charge on any atom is -0.457 e. The SMILES string of the molecule is CN1CN(c2cccc(Oc3cccc(N4CN(C)C(C)(C)c5ccccc54)c3)c2)c2cc3sccc3cc21. The van der Waals surface area contributed by atoms with E-state index in [0.29, 0.717) is 0 Å². The quantitative estimate of drug-likeness (QED) is 0.231. The summed E-state index contributed by atoms with van der Waals surface area (Å²) in [6.07, 6.45) is 0. The third kappa shape index (κ3) is 4.03. The summed E-state index contributed by atoms with van der Waals surface area (Å²) in [4.78, 5) is 9.42. The molecule has 39 heavy (non-hydrogen) atoms. The predicted octanol–water partition coefficient (Wildman–Crippen LogP) is 8.52. The average molecular weight is 533 g/mol. The van der Waals surface area contributed by atoms with Gasteiger partial charge in [0.05, 0.1) is 24.7 Å². The Morgan fingerprint density at radius 2 is 1.38 bits per heavy atom. The van der Waals surface area contributed by atoms with Crippen molar-refractivity contribution >= 4 is 49.9 Å². The highest BCUT2D eigenvalue weighted by Gasteiger charge is 2.35. The third-order valence-electron chi connectivity index (χ3n) is 8.26. The van der Waals surface area contributed by atoms with Crippen LogP contribution in [0.4, 0.5) is 28.4 Å². The first-order valence-corrected chi connectivity index (χ1v) is 14.2. The summed E-state index contributed by atoms with van der Waals surface area (Å²) in [7, 11) is 4.34. The second-order valence-corrected chi connectivity index (χ2v) is 12.0. The van der Waals surface area contributed by atoms with E-state index in [1.807, 2.05) is 12.1 Å². The molecule has 5 nitrogen and oxygen atoms in total. The maximum Gasteiger partial charge on any atom is 0.129 e. The number of hydrogen-bond donors (Lipinski definition) is 0. The maximum atomic E-state index is 6.46. The van der Waals surface area contributed by atoms with E-state index < -0.39 is 0 Å². The van der Waals surface area contributed by atoms with Gasteiger partial charge in [-0.05, 0) is 85.8 Å². The number of benzene rings is 4. The van der Waals surface area contributed by atoms with Crippen LogP contribution in [0.3, 0.4) is 0 Å². The molecule has 6 heteroatoms. The molecule has 0 saturated heterocycles. The Labute approximate surface area is 234 Å². The molecule has 0 unspecified atom stereocenters. The lowest BCUT2D eigenvalue weighted by atomic mass is 9.88. The largest absolute Gasteiger partial charge is 0.457 e. The number of rotatable bonds is 4. The molecule has 0 aliphatic carbocycles. The number of nitrogens with zero attached hydrogens (tertiary/aromatic N) is 4. The molecular formula is C33H32N4OS. The summed E-state index contributed by atoms with van der Waals surface area (Å²) in [5.41, 5.74) is 7.29. The molecule has 3 heterocycles. The molecule has 1 aromatic heterocycles. The standard InChI is InChI=1S/C33H32N4OS/c1-33(2)28-13-5-6-14-29(28)37(22-35(33)4)25-10-8-12-27(19-25)38-26-11-7-9-24(18-26)36-21-34(3)30-17-23-15-16-39-32(23)20-31(30)36/h5-20H,21-22H2,1-4H3. The lowest BCUT2D eigenvalue weighted by molar-refractivity contribution is 0.150. The van der Waals surface area contributed by atoms with Crippen molar-refractivity contribution in [2.45, 2.75) is 19.4 Å². The molecule has 7 rings (SSSR count). The second-order valence-electron chi connectivity index (χ2n) is 11.0. The van der Waals surface area contributed by atoms with Crippen LogP contribution in [0.2, 0.25) is 0 Å². The fourth-order valence-corrected chi connectivity index (χ4v) is 6.58. The van der Waals surface area contributed by atoms with Gasteiger partial charge in [0.2, 0.25) is 0 Å². The second kappa shape index (κ2) is 9.04. The van der Waals surface area contributed by atoms with Gasteiger partial charge < -0.3 is 19.4 Å². The van der Waals surface area contributed by atoms with Crippen LogP contribution in [0, 0.1) is 0 Å². The van der Waals surface area contributed by atoms with Gasteiger partial charge in [-0.1, -0.05) is 30.3 Å². The van der Waals surface area contributed by atoms with E-state index in [9.17, 15) is 0 Å². The normalized spacial score (nSPS) is 16.5. The maximum absolute atomic E-state index is 6.46. The topological polar surface area (TPSA) is 22.2 Å². The molecule has 0 N–H and O–H groups in total. The van der Waals surface area contributed by atoms with E-state index in [4.69, 9.17) is 4.74 Å². The van der Waals surface area contributed by atoms with Gasteiger partial charge in [0.15, 0.2) is 0 Å². The molecule has 0 radical (unpaired) electrons. The van der Waals surface area contributed by atoms with Crippen molar-refractivity contribution in [1.29, 1.82) is 0 Å².